The molecule has 2 aliphatic heterocycles. The van der Waals surface area contributed by atoms with Gasteiger partial charge in [0.1, 0.15) is 23.4 Å². The van der Waals surface area contributed by atoms with Gasteiger partial charge >= 0.3 is 10.8 Å². The van der Waals surface area contributed by atoms with Gasteiger partial charge in [-0.25, -0.2) is 14.1 Å². The van der Waals surface area contributed by atoms with E-state index in [1.165, 1.54) is 60.2 Å². The van der Waals surface area contributed by atoms with Gasteiger partial charge in [0.15, 0.2) is 0 Å². The summed E-state index contributed by atoms with van der Waals surface area (Å²) in [7, 11) is 1.54. The molecule has 2 unspecified atom stereocenters. The van der Waals surface area contributed by atoms with Crippen LogP contribution in [-0.4, -0.2) is 47.2 Å². The second kappa shape index (κ2) is 12.3. The van der Waals surface area contributed by atoms with Crippen molar-refractivity contribution < 1.29 is 33.0 Å². The van der Waals surface area contributed by atoms with Crippen LogP contribution < -0.4 is 19.8 Å². The first-order valence-electron chi connectivity index (χ1n) is 13.9. The summed E-state index contributed by atoms with van der Waals surface area (Å²) < 4.78 is 25.0. The molecule has 6 rings (SSSR count). The number of benzene rings is 3. The second-order valence-corrected chi connectivity index (χ2v) is 12.4. The highest BCUT2D eigenvalue weighted by Crippen LogP contribution is 2.54. The van der Waals surface area contributed by atoms with Gasteiger partial charge < -0.3 is 14.8 Å². The van der Waals surface area contributed by atoms with E-state index in [1.807, 2.05) is 0 Å². The molecule has 3 heterocycles. The summed E-state index contributed by atoms with van der Waals surface area (Å²) in [5.74, 6) is -3.28. The number of hydrogen-bond acceptors (Lipinski definition) is 9. The van der Waals surface area contributed by atoms with E-state index < -0.39 is 51.5 Å². The van der Waals surface area contributed by atoms with Crippen LogP contribution in [0.2, 0.25) is 0 Å². The van der Waals surface area contributed by atoms with Gasteiger partial charge in [0, 0.05) is 16.5 Å². The minimum Gasteiger partial charge on any atom is -0.497 e. The fourth-order valence-corrected chi connectivity index (χ4v) is 8.29. The highest BCUT2D eigenvalue weighted by atomic mass is 32.2. The van der Waals surface area contributed by atoms with E-state index in [9.17, 15) is 28.4 Å². The Hall–Kier alpha value is -4.75. The fraction of sp³-hybridized carbons (Fsp3) is 0.219. The van der Waals surface area contributed by atoms with Gasteiger partial charge in [-0.05, 0) is 73.2 Å². The van der Waals surface area contributed by atoms with E-state index in [0.717, 1.165) is 28.0 Å². The molecule has 0 aliphatic carbocycles. The van der Waals surface area contributed by atoms with E-state index in [1.54, 1.807) is 31.2 Å². The molecular formula is C32H26FN3O7S2. The summed E-state index contributed by atoms with van der Waals surface area (Å²) in [5, 5.41) is 2.21. The molecule has 0 saturated carbocycles. The highest BCUT2D eigenvalue weighted by Gasteiger charge is 2.56. The largest absolute Gasteiger partial charge is 0.497 e. The summed E-state index contributed by atoms with van der Waals surface area (Å²) in [4.78, 5) is 67.8. The van der Waals surface area contributed by atoms with Crippen LogP contribution in [0.4, 0.5) is 15.8 Å². The van der Waals surface area contributed by atoms with Crippen molar-refractivity contribution in [3.63, 3.8) is 0 Å². The van der Waals surface area contributed by atoms with Crippen LogP contribution in [0, 0.1) is 11.7 Å². The number of methoxy groups -OCH3 is 1. The Morgan fingerprint density at radius 2 is 1.62 bits per heavy atom. The average molecular weight is 648 g/mol. The average Bonchev–Trinajstić information content (AvgIpc) is 3.48. The van der Waals surface area contributed by atoms with Gasteiger partial charge in [-0.3, -0.25) is 23.7 Å². The summed E-state index contributed by atoms with van der Waals surface area (Å²) in [6, 6.07) is 18.4. The number of imide groups is 1. The number of carbonyl (C=O) groups excluding carboxylic acids is 4. The number of carbonyl (C=O) groups is 4. The van der Waals surface area contributed by atoms with Crippen LogP contribution in [0.1, 0.15) is 33.6 Å². The third-order valence-electron chi connectivity index (χ3n) is 7.59. The van der Waals surface area contributed by atoms with Crippen molar-refractivity contribution in [2.24, 2.45) is 5.92 Å². The van der Waals surface area contributed by atoms with Crippen molar-refractivity contribution in [3.8, 4) is 5.75 Å². The van der Waals surface area contributed by atoms with E-state index >= 15 is 0 Å². The van der Waals surface area contributed by atoms with Crippen molar-refractivity contribution in [2.45, 2.75) is 29.7 Å². The number of aromatic nitrogens is 1. The highest BCUT2D eigenvalue weighted by molar-refractivity contribution is 8.00. The number of ether oxygens (including phenoxy) is 2. The monoisotopic (exact) mass is 647 g/mol. The molecule has 13 heteroatoms. The Bertz CT molecular complexity index is 1850. The number of amides is 3. The van der Waals surface area contributed by atoms with Gasteiger partial charge in [-0.2, -0.15) is 0 Å². The Labute approximate surface area is 264 Å². The molecule has 1 fully saturated rings. The molecule has 3 amide bonds. The van der Waals surface area contributed by atoms with Crippen LogP contribution in [-0.2, 0) is 25.7 Å². The zero-order chi connectivity index (χ0) is 31.8. The van der Waals surface area contributed by atoms with Gasteiger partial charge in [0.25, 0.3) is 0 Å². The van der Waals surface area contributed by atoms with Crippen LogP contribution >= 0.6 is 23.1 Å². The normalized spacial score (nSPS) is 18.7. The van der Waals surface area contributed by atoms with E-state index in [0.29, 0.717) is 32.6 Å². The number of thiazole rings is 1. The Morgan fingerprint density at radius 1 is 0.933 bits per heavy atom. The zero-order valence-corrected chi connectivity index (χ0v) is 25.7. The predicted molar refractivity (Wildman–Crippen MR) is 166 cm³/mol. The maximum absolute atomic E-state index is 14.1. The molecule has 3 aromatic carbocycles. The van der Waals surface area contributed by atoms with Crippen molar-refractivity contribution in [1.29, 1.82) is 0 Å². The van der Waals surface area contributed by atoms with Crippen LogP contribution in [0.15, 0.2) is 82.6 Å². The zero-order valence-electron chi connectivity index (χ0n) is 24.0. The Kier molecular flexibility index (Phi) is 8.30. The van der Waals surface area contributed by atoms with Crippen molar-refractivity contribution in [2.75, 3.05) is 23.9 Å². The molecule has 0 radical (unpaired) electrons. The van der Waals surface area contributed by atoms with E-state index in [4.69, 9.17) is 9.47 Å². The van der Waals surface area contributed by atoms with Gasteiger partial charge in [0.05, 0.1) is 35.9 Å². The third-order valence-corrected chi connectivity index (χ3v) is 10.2. The minimum atomic E-state index is -0.887. The number of nitrogens with zero attached hydrogens (tertiary/aromatic N) is 2. The number of rotatable bonds is 8. The molecule has 10 nitrogen and oxygen atoms in total. The maximum atomic E-state index is 14.1. The van der Waals surface area contributed by atoms with Gasteiger partial charge in [-0.1, -0.05) is 35.2 Å². The molecule has 45 heavy (non-hydrogen) atoms. The number of anilines is 2. The molecule has 1 saturated heterocycles. The number of esters is 1. The molecule has 3 atom stereocenters. The van der Waals surface area contributed by atoms with Crippen molar-refractivity contribution in [1.82, 2.24) is 4.57 Å². The van der Waals surface area contributed by atoms with Crippen LogP contribution in [0.5, 0.6) is 5.75 Å². The molecule has 0 bridgehead atoms. The first-order chi connectivity index (χ1) is 21.7. The van der Waals surface area contributed by atoms with Crippen molar-refractivity contribution in [3.05, 3.63) is 104 Å². The quantitative estimate of drug-likeness (QED) is 0.216. The molecule has 230 valence electrons. The predicted octanol–water partition coefficient (Wildman–Crippen LogP) is 4.67. The van der Waals surface area contributed by atoms with Crippen LogP contribution in [0.3, 0.4) is 0 Å². The van der Waals surface area contributed by atoms with E-state index in [2.05, 4.69) is 5.32 Å². The molecule has 4 aromatic rings. The Morgan fingerprint density at radius 3 is 2.27 bits per heavy atom. The second-order valence-electron chi connectivity index (χ2n) is 10.3. The number of nitrogens with one attached hydrogen (secondary N) is 1. The van der Waals surface area contributed by atoms with Crippen LogP contribution in [0.25, 0.3) is 0 Å². The molecule has 1 aromatic heterocycles. The van der Waals surface area contributed by atoms with Gasteiger partial charge in [-0.15, -0.1) is 0 Å². The topological polar surface area (TPSA) is 124 Å². The lowest BCUT2D eigenvalue weighted by Gasteiger charge is -2.30. The molecule has 0 spiro atoms. The van der Waals surface area contributed by atoms with Crippen molar-refractivity contribution >= 4 is 58.2 Å². The first kappa shape index (κ1) is 30.3. The standard InChI is InChI=1S/C32H26FN3O7S2/c1-3-43-31(40)18-4-12-21(13-5-18)36-28(38)25-24(17-6-14-22(42-2)15-7-17)27-30(44-26(25)29(36)39)35(32(41)45-27)16-23(37)34-20-10-8-19(33)9-11-20/h4-15,24-26H,3,16H2,1-2H3,(H,34,37)/t24-,25?,26?/m0/s1. The number of hydrogen-bond donors (Lipinski definition) is 1. The lowest BCUT2D eigenvalue weighted by molar-refractivity contribution is -0.122. The lowest BCUT2D eigenvalue weighted by atomic mass is 9.83. The Balaban J connectivity index is 1.37. The minimum absolute atomic E-state index is 0.208. The van der Waals surface area contributed by atoms with Gasteiger partial charge in [0.2, 0.25) is 17.7 Å². The lowest BCUT2D eigenvalue weighted by Crippen LogP contribution is -2.33. The summed E-state index contributed by atoms with van der Waals surface area (Å²) in [6.07, 6.45) is 0. The fourth-order valence-electron chi connectivity index (χ4n) is 5.52. The van der Waals surface area contributed by atoms with E-state index in [-0.39, 0.29) is 18.7 Å². The maximum Gasteiger partial charge on any atom is 0.338 e. The molecular weight excluding hydrogens is 621 g/mol. The summed E-state index contributed by atoms with van der Waals surface area (Å²) >= 11 is 2.02. The summed E-state index contributed by atoms with van der Waals surface area (Å²) in [5.41, 5.74) is 1.66. The number of fused-ring (bicyclic) bond motifs is 2. The molecule has 2 aliphatic rings. The third kappa shape index (κ3) is 5.64. The molecule has 1 N–H and O–H groups in total. The SMILES string of the molecule is CCOC(=O)c1ccc(N2C(=O)C3Sc4c(sc(=O)n4CC(=O)Nc4ccc(F)cc4)[C@@H](c4ccc(OC)cc4)C3C2=O)cc1. The number of halogens is 1. The number of thioether (sulfide) groups is 1. The summed E-state index contributed by atoms with van der Waals surface area (Å²) in [6.45, 7) is 1.56. The smallest absolute Gasteiger partial charge is 0.338 e. The first-order valence-corrected chi connectivity index (χ1v) is 15.6.